The average molecular weight is 1370 g/mol. The van der Waals surface area contributed by atoms with E-state index in [1.54, 1.807) is 0 Å². The first-order valence-electron chi connectivity index (χ1n) is 37.2. The SMILES string of the molecule is CC/C=C\C/C=C\C/C=C\C/C=C\CCCCCCC(=O)OCC(COP(=O)(O)OCC(O)COP(=O)(O)OCC(COC(=O)CCCCCCC/C=C\CCCCCCCC)OC(=O)CCCCCCCCCCCCC)OC(=O)CCCCCCC/C=C\CCCC. The molecule has 5 unspecified atom stereocenters. The Kier molecular flexibility index (Phi) is 65.5. The van der Waals surface area contributed by atoms with Crippen molar-refractivity contribution in [2.75, 3.05) is 39.6 Å². The van der Waals surface area contributed by atoms with Gasteiger partial charge < -0.3 is 33.8 Å². The van der Waals surface area contributed by atoms with Gasteiger partial charge in [0.15, 0.2) is 12.2 Å². The van der Waals surface area contributed by atoms with Crippen LogP contribution in [0.4, 0.5) is 0 Å². The maximum Gasteiger partial charge on any atom is 0.472 e. The van der Waals surface area contributed by atoms with Crippen LogP contribution in [0.5, 0.6) is 0 Å². The van der Waals surface area contributed by atoms with E-state index in [4.69, 9.17) is 37.0 Å². The number of rotatable bonds is 70. The normalized spacial score (nSPS) is 14.4. The maximum atomic E-state index is 13.0. The molecular formula is C75H134O17P2. The Labute approximate surface area is 571 Å². The van der Waals surface area contributed by atoms with E-state index < -0.39 is 97.5 Å². The van der Waals surface area contributed by atoms with Gasteiger partial charge in [-0.05, 0) is 109 Å². The maximum absolute atomic E-state index is 13.0. The molecule has 17 nitrogen and oxygen atoms in total. The van der Waals surface area contributed by atoms with E-state index in [1.165, 1.54) is 89.9 Å². The summed E-state index contributed by atoms with van der Waals surface area (Å²) >= 11 is 0. The van der Waals surface area contributed by atoms with Crippen LogP contribution in [0.2, 0.25) is 0 Å². The van der Waals surface area contributed by atoms with E-state index in [1.807, 2.05) is 0 Å². The van der Waals surface area contributed by atoms with Crippen LogP contribution in [0.15, 0.2) is 72.9 Å². The van der Waals surface area contributed by atoms with Crippen LogP contribution >= 0.6 is 15.6 Å². The van der Waals surface area contributed by atoms with E-state index in [9.17, 15) is 43.2 Å². The van der Waals surface area contributed by atoms with E-state index >= 15 is 0 Å². The predicted molar refractivity (Wildman–Crippen MR) is 381 cm³/mol. The van der Waals surface area contributed by atoms with Gasteiger partial charge in [0.05, 0.1) is 26.4 Å². The van der Waals surface area contributed by atoms with Crippen LogP contribution in [-0.4, -0.2) is 96.7 Å². The third-order valence-corrected chi connectivity index (χ3v) is 17.6. The molecule has 0 aliphatic heterocycles. The number of phosphoric ester groups is 2. The third-order valence-electron chi connectivity index (χ3n) is 15.7. The number of carbonyl (C=O) groups excluding carboxylic acids is 4. The molecule has 19 heteroatoms. The van der Waals surface area contributed by atoms with E-state index in [2.05, 4.69) is 101 Å². The number of hydrogen-bond acceptors (Lipinski definition) is 15. The molecule has 0 aromatic heterocycles. The number of unbranched alkanes of at least 4 members (excludes halogenated alkanes) is 32. The minimum absolute atomic E-state index is 0.0806. The fourth-order valence-electron chi connectivity index (χ4n) is 9.95. The van der Waals surface area contributed by atoms with Crippen molar-refractivity contribution in [1.29, 1.82) is 0 Å². The number of hydrogen-bond donors (Lipinski definition) is 3. The summed E-state index contributed by atoms with van der Waals surface area (Å²) in [6.07, 6.45) is 66.2. The van der Waals surface area contributed by atoms with Crippen molar-refractivity contribution < 1.29 is 80.2 Å². The van der Waals surface area contributed by atoms with E-state index in [0.717, 1.165) is 154 Å². The minimum atomic E-state index is -4.97. The Balaban J connectivity index is 5.30. The van der Waals surface area contributed by atoms with Gasteiger partial charge >= 0.3 is 39.5 Å². The number of aliphatic hydroxyl groups is 1. The number of aliphatic hydroxyl groups excluding tert-OH is 1. The molecule has 0 radical (unpaired) electrons. The molecule has 0 aromatic carbocycles. The average Bonchev–Trinajstić information content (AvgIpc) is 1.32. The first-order valence-corrected chi connectivity index (χ1v) is 40.2. The zero-order valence-electron chi connectivity index (χ0n) is 59.4. The zero-order chi connectivity index (χ0) is 69.0. The first-order chi connectivity index (χ1) is 45.7. The van der Waals surface area contributed by atoms with Gasteiger partial charge in [-0.1, -0.05) is 261 Å². The van der Waals surface area contributed by atoms with Crippen molar-refractivity contribution in [2.24, 2.45) is 0 Å². The summed E-state index contributed by atoms with van der Waals surface area (Å²) in [6, 6.07) is 0. The van der Waals surface area contributed by atoms with Gasteiger partial charge in [0.1, 0.15) is 19.3 Å². The number of phosphoric acid groups is 2. The van der Waals surface area contributed by atoms with Gasteiger partial charge in [-0.2, -0.15) is 0 Å². The zero-order valence-corrected chi connectivity index (χ0v) is 61.2. The second kappa shape index (κ2) is 68.0. The van der Waals surface area contributed by atoms with Crippen LogP contribution in [-0.2, 0) is 65.4 Å². The highest BCUT2D eigenvalue weighted by Gasteiger charge is 2.30. The van der Waals surface area contributed by atoms with Gasteiger partial charge in [-0.3, -0.25) is 37.3 Å². The molecular weight excluding hydrogens is 1230 g/mol. The lowest BCUT2D eigenvalue weighted by Crippen LogP contribution is -2.30. The van der Waals surface area contributed by atoms with E-state index in [-0.39, 0.29) is 25.7 Å². The smallest absolute Gasteiger partial charge is 0.462 e. The largest absolute Gasteiger partial charge is 0.472 e. The molecule has 0 saturated carbocycles. The minimum Gasteiger partial charge on any atom is -0.462 e. The molecule has 0 saturated heterocycles. The van der Waals surface area contributed by atoms with Crippen molar-refractivity contribution in [2.45, 2.75) is 341 Å². The van der Waals surface area contributed by atoms with Crippen molar-refractivity contribution in [3.8, 4) is 0 Å². The lowest BCUT2D eigenvalue weighted by atomic mass is 10.1. The van der Waals surface area contributed by atoms with Gasteiger partial charge in [-0.25, -0.2) is 9.13 Å². The fraction of sp³-hybridized carbons (Fsp3) is 0.787. The number of esters is 4. The van der Waals surface area contributed by atoms with Crippen molar-refractivity contribution >= 4 is 39.5 Å². The van der Waals surface area contributed by atoms with Crippen LogP contribution in [0.1, 0.15) is 323 Å². The third kappa shape index (κ3) is 67.1. The Bertz CT molecular complexity index is 2070. The second-order valence-corrected chi connectivity index (χ2v) is 27.8. The Hall–Kier alpha value is -3.50. The molecule has 0 aromatic rings. The van der Waals surface area contributed by atoms with Gasteiger partial charge in [0.25, 0.3) is 0 Å². The molecule has 0 aliphatic carbocycles. The van der Waals surface area contributed by atoms with Gasteiger partial charge in [0.2, 0.25) is 0 Å². The summed E-state index contributed by atoms with van der Waals surface area (Å²) in [7, 11) is -9.94. The topological polar surface area (TPSA) is 237 Å². The lowest BCUT2D eigenvalue weighted by molar-refractivity contribution is -0.161. The van der Waals surface area contributed by atoms with E-state index in [0.29, 0.717) is 25.7 Å². The summed E-state index contributed by atoms with van der Waals surface area (Å²) in [5, 5.41) is 10.6. The molecule has 3 N–H and O–H groups in total. The Morgan fingerprint density at radius 3 is 0.894 bits per heavy atom. The highest BCUT2D eigenvalue weighted by Crippen LogP contribution is 2.45. The standard InChI is InChI=1S/C75H134O17P2/c1-5-9-13-17-21-25-29-31-33-34-36-38-42-44-48-52-56-60-73(78)86-66-71(92-75(80)62-58-54-50-46-40-28-24-20-16-12-8-4)68-90-94(83,84)88-64-69(76)63-87-93(81,82)89-67-70(91-74(79)61-57-53-49-45-39-27-23-19-15-11-7-3)65-85-72(77)59-55-51-47-43-41-37-35-32-30-26-22-18-14-10-6-2/h9,13,20-21,24-25,31-33,35-36,38,69-71,76H,5-8,10-12,14-19,22-23,26-30,34,37,39-68H2,1-4H3,(H,81,82)(H,83,84)/b13-9-,24-20-,25-21-,33-31-,35-32-,38-36-. The molecule has 0 bridgehead atoms. The van der Waals surface area contributed by atoms with Crippen molar-refractivity contribution in [3.05, 3.63) is 72.9 Å². The molecule has 5 atom stereocenters. The highest BCUT2D eigenvalue weighted by atomic mass is 31.2. The van der Waals surface area contributed by atoms with Crippen LogP contribution in [0, 0.1) is 0 Å². The Morgan fingerprint density at radius 2 is 0.564 bits per heavy atom. The Morgan fingerprint density at radius 1 is 0.309 bits per heavy atom. The van der Waals surface area contributed by atoms with Gasteiger partial charge in [-0.15, -0.1) is 0 Å². The molecule has 94 heavy (non-hydrogen) atoms. The van der Waals surface area contributed by atoms with Crippen molar-refractivity contribution in [1.82, 2.24) is 0 Å². The van der Waals surface area contributed by atoms with Crippen LogP contribution in [0.25, 0.3) is 0 Å². The number of ether oxygens (including phenoxy) is 4. The molecule has 0 fully saturated rings. The van der Waals surface area contributed by atoms with Crippen LogP contribution < -0.4 is 0 Å². The lowest BCUT2D eigenvalue weighted by Gasteiger charge is -2.21. The molecule has 0 rings (SSSR count). The summed E-state index contributed by atoms with van der Waals surface area (Å²) in [6.45, 7) is 4.69. The number of allylic oxidation sites excluding steroid dienone is 12. The second-order valence-electron chi connectivity index (χ2n) is 24.9. The monoisotopic (exact) mass is 1370 g/mol. The van der Waals surface area contributed by atoms with Crippen LogP contribution in [0.3, 0.4) is 0 Å². The predicted octanol–water partition coefficient (Wildman–Crippen LogP) is 20.9. The summed E-state index contributed by atoms with van der Waals surface area (Å²) in [5.41, 5.74) is 0. The first kappa shape index (κ1) is 90.5. The quantitative estimate of drug-likeness (QED) is 0.0169. The van der Waals surface area contributed by atoms with Gasteiger partial charge in [0, 0.05) is 25.7 Å². The molecule has 0 aliphatic rings. The molecule has 0 heterocycles. The molecule has 0 amide bonds. The summed E-state index contributed by atoms with van der Waals surface area (Å²) in [4.78, 5) is 72.6. The fourth-order valence-corrected chi connectivity index (χ4v) is 11.5. The summed E-state index contributed by atoms with van der Waals surface area (Å²) in [5.74, 6) is -2.20. The number of carbonyl (C=O) groups is 4. The molecule has 0 spiro atoms. The molecule has 546 valence electrons. The summed E-state index contributed by atoms with van der Waals surface area (Å²) < 4.78 is 68.3. The van der Waals surface area contributed by atoms with Crippen molar-refractivity contribution in [3.63, 3.8) is 0 Å². The highest BCUT2D eigenvalue weighted by molar-refractivity contribution is 7.47.